The fraction of sp³-hybridized carbons (Fsp3) is 0.600. The molecule has 0 rings (SSSR count). The summed E-state index contributed by atoms with van der Waals surface area (Å²) >= 11 is 5.24. The van der Waals surface area contributed by atoms with Crippen LogP contribution in [0.1, 0.15) is 6.92 Å². The maximum Gasteiger partial charge on any atom is 0.229 e. The summed E-state index contributed by atoms with van der Waals surface area (Å²) in [6, 6.07) is 0. The normalized spacial score (nSPS) is 12.7. The number of primary amides is 1. The third-order valence-corrected chi connectivity index (χ3v) is 1.30. The monoisotopic (exact) mass is 149 g/mol. The fourth-order valence-electron chi connectivity index (χ4n) is 0.385. The van der Waals surface area contributed by atoms with E-state index in [9.17, 15) is 9.59 Å². The van der Waals surface area contributed by atoms with Crippen molar-refractivity contribution in [3.63, 3.8) is 0 Å². The first-order valence-corrected chi connectivity index (χ1v) is 2.98. The number of hydrogen-bond donors (Lipinski definition) is 1. The lowest BCUT2D eigenvalue weighted by atomic mass is 10.1. The number of hydrogen-bond acceptors (Lipinski definition) is 2. The molecule has 0 aromatic rings. The highest BCUT2D eigenvalue weighted by atomic mass is 35.5. The Balaban J connectivity index is 3.99. The quantitative estimate of drug-likeness (QED) is 0.451. The van der Waals surface area contributed by atoms with Gasteiger partial charge in [0.25, 0.3) is 0 Å². The summed E-state index contributed by atoms with van der Waals surface area (Å²) in [5.74, 6) is -1.77. The van der Waals surface area contributed by atoms with Crippen LogP contribution in [-0.4, -0.2) is 17.6 Å². The summed E-state index contributed by atoms with van der Waals surface area (Å²) in [5, 5.41) is 0. The molecule has 4 heteroatoms. The van der Waals surface area contributed by atoms with Crippen LogP contribution in [0.4, 0.5) is 0 Å². The van der Waals surface area contributed by atoms with Crippen LogP contribution in [0.3, 0.4) is 0 Å². The van der Waals surface area contributed by atoms with Gasteiger partial charge < -0.3 is 5.73 Å². The number of nitrogens with two attached hydrogens (primary N) is 1. The van der Waals surface area contributed by atoms with Gasteiger partial charge in [-0.2, -0.15) is 0 Å². The molecule has 0 heterocycles. The molecule has 0 aliphatic rings. The van der Waals surface area contributed by atoms with Crippen LogP contribution in [-0.2, 0) is 9.59 Å². The van der Waals surface area contributed by atoms with Gasteiger partial charge in [-0.3, -0.25) is 9.59 Å². The molecule has 1 atom stereocenters. The SMILES string of the molecule is CC(=O)C(CCl)C(N)=O. The molecule has 3 nitrogen and oxygen atoms in total. The van der Waals surface area contributed by atoms with Gasteiger partial charge in [0.1, 0.15) is 11.7 Å². The minimum absolute atomic E-state index is 0.0231. The van der Waals surface area contributed by atoms with Crippen LogP contribution in [0.25, 0.3) is 0 Å². The number of carbonyl (C=O) groups excluding carboxylic acids is 2. The molecule has 0 aliphatic heterocycles. The lowest BCUT2D eigenvalue weighted by Crippen LogP contribution is -2.29. The second-order valence-electron chi connectivity index (χ2n) is 1.72. The highest BCUT2D eigenvalue weighted by molar-refractivity contribution is 6.22. The Hall–Kier alpha value is -0.570. The second kappa shape index (κ2) is 3.45. The maximum atomic E-state index is 10.4. The molecule has 0 aromatic heterocycles. The largest absolute Gasteiger partial charge is 0.369 e. The van der Waals surface area contributed by atoms with Crippen molar-refractivity contribution >= 4 is 23.3 Å². The molecular formula is C5H8ClNO2. The van der Waals surface area contributed by atoms with Gasteiger partial charge in [0.05, 0.1) is 0 Å². The zero-order valence-corrected chi connectivity index (χ0v) is 5.81. The average Bonchev–Trinajstić information content (AvgIpc) is 1.64. The summed E-state index contributed by atoms with van der Waals surface area (Å²) in [6.45, 7) is 1.29. The number of rotatable bonds is 3. The van der Waals surface area contributed by atoms with E-state index in [1.165, 1.54) is 6.92 Å². The third kappa shape index (κ3) is 2.46. The van der Waals surface area contributed by atoms with Gasteiger partial charge in [0.15, 0.2) is 0 Å². The summed E-state index contributed by atoms with van der Waals surface area (Å²) in [5.41, 5.74) is 4.80. The van der Waals surface area contributed by atoms with Gasteiger partial charge in [0, 0.05) is 5.88 Å². The van der Waals surface area contributed by atoms with E-state index in [1.807, 2.05) is 0 Å². The van der Waals surface area contributed by atoms with Crippen molar-refractivity contribution in [2.45, 2.75) is 6.92 Å². The van der Waals surface area contributed by atoms with E-state index >= 15 is 0 Å². The van der Waals surface area contributed by atoms with Crippen molar-refractivity contribution < 1.29 is 9.59 Å². The Morgan fingerprint density at radius 2 is 2.11 bits per heavy atom. The minimum Gasteiger partial charge on any atom is -0.369 e. The lowest BCUT2D eigenvalue weighted by molar-refractivity contribution is -0.129. The summed E-state index contributed by atoms with van der Waals surface area (Å²) < 4.78 is 0. The molecule has 0 aromatic carbocycles. The molecule has 1 amide bonds. The first-order chi connectivity index (χ1) is 4.09. The van der Waals surface area contributed by atoms with Crippen molar-refractivity contribution in [3.8, 4) is 0 Å². The summed E-state index contributed by atoms with van der Waals surface area (Å²) in [7, 11) is 0. The fourth-order valence-corrected chi connectivity index (χ4v) is 0.754. The number of amides is 1. The first kappa shape index (κ1) is 8.43. The number of carbonyl (C=O) groups is 2. The Kier molecular flexibility index (Phi) is 3.24. The van der Waals surface area contributed by atoms with Crippen molar-refractivity contribution in [1.82, 2.24) is 0 Å². The molecule has 0 spiro atoms. The standard InChI is InChI=1S/C5H8ClNO2/c1-3(8)4(2-6)5(7)9/h4H,2H2,1H3,(H2,7,9). The molecule has 2 N–H and O–H groups in total. The van der Waals surface area contributed by atoms with Crippen LogP contribution < -0.4 is 5.73 Å². The minimum atomic E-state index is -0.813. The molecule has 9 heavy (non-hydrogen) atoms. The van der Waals surface area contributed by atoms with E-state index in [0.717, 1.165) is 0 Å². The predicted molar refractivity (Wildman–Crippen MR) is 34.1 cm³/mol. The van der Waals surface area contributed by atoms with E-state index < -0.39 is 11.8 Å². The zero-order valence-electron chi connectivity index (χ0n) is 5.06. The highest BCUT2D eigenvalue weighted by Gasteiger charge is 2.18. The number of Topliss-reactive ketones (excluding diaryl/α,β-unsaturated/α-hetero) is 1. The van der Waals surface area contributed by atoms with Gasteiger partial charge in [-0.15, -0.1) is 11.6 Å². The Morgan fingerprint density at radius 1 is 1.67 bits per heavy atom. The summed E-state index contributed by atoms with van der Waals surface area (Å²) in [4.78, 5) is 20.7. The zero-order chi connectivity index (χ0) is 7.44. The van der Waals surface area contributed by atoms with Gasteiger partial charge in [0.2, 0.25) is 5.91 Å². The van der Waals surface area contributed by atoms with Crippen LogP contribution in [0.15, 0.2) is 0 Å². The molecule has 0 saturated heterocycles. The molecule has 0 saturated carbocycles. The van der Waals surface area contributed by atoms with Crippen molar-refractivity contribution in [2.75, 3.05) is 5.88 Å². The van der Waals surface area contributed by atoms with Crippen molar-refractivity contribution in [2.24, 2.45) is 11.7 Å². The lowest BCUT2D eigenvalue weighted by Gasteiger charge is -2.01. The van der Waals surface area contributed by atoms with Crippen LogP contribution in [0.2, 0.25) is 0 Å². The van der Waals surface area contributed by atoms with Gasteiger partial charge in [-0.25, -0.2) is 0 Å². The van der Waals surface area contributed by atoms with Gasteiger partial charge in [-0.1, -0.05) is 0 Å². The Labute approximate surface area is 58.2 Å². The number of halogens is 1. The molecule has 0 radical (unpaired) electrons. The smallest absolute Gasteiger partial charge is 0.229 e. The second-order valence-corrected chi connectivity index (χ2v) is 2.03. The van der Waals surface area contributed by atoms with E-state index in [2.05, 4.69) is 0 Å². The number of ketones is 1. The van der Waals surface area contributed by atoms with Crippen LogP contribution in [0.5, 0.6) is 0 Å². The van der Waals surface area contributed by atoms with Crippen molar-refractivity contribution in [3.05, 3.63) is 0 Å². The first-order valence-electron chi connectivity index (χ1n) is 2.45. The molecule has 0 fully saturated rings. The van der Waals surface area contributed by atoms with Gasteiger partial charge >= 0.3 is 0 Å². The number of alkyl halides is 1. The third-order valence-electron chi connectivity index (χ3n) is 0.988. The molecule has 0 aliphatic carbocycles. The average molecular weight is 150 g/mol. The Morgan fingerprint density at radius 3 is 2.11 bits per heavy atom. The molecule has 52 valence electrons. The van der Waals surface area contributed by atoms with Crippen LogP contribution in [0, 0.1) is 5.92 Å². The van der Waals surface area contributed by atoms with E-state index in [4.69, 9.17) is 17.3 Å². The highest BCUT2D eigenvalue weighted by Crippen LogP contribution is 1.98. The molecule has 0 bridgehead atoms. The van der Waals surface area contributed by atoms with Crippen LogP contribution >= 0.6 is 11.6 Å². The van der Waals surface area contributed by atoms with E-state index in [-0.39, 0.29) is 11.7 Å². The van der Waals surface area contributed by atoms with Gasteiger partial charge in [-0.05, 0) is 6.92 Å². The topological polar surface area (TPSA) is 60.2 Å². The molecular weight excluding hydrogens is 142 g/mol. The van der Waals surface area contributed by atoms with E-state index in [1.54, 1.807) is 0 Å². The van der Waals surface area contributed by atoms with Crippen molar-refractivity contribution in [1.29, 1.82) is 0 Å². The molecule has 1 unspecified atom stereocenters. The Bertz CT molecular complexity index is 121. The maximum absolute atomic E-state index is 10.4. The summed E-state index contributed by atoms with van der Waals surface area (Å²) in [6.07, 6.45) is 0. The van der Waals surface area contributed by atoms with E-state index in [0.29, 0.717) is 0 Å². The predicted octanol–water partition coefficient (Wildman–Crippen LogP) is -0.0843.